The minimum atomic E-state index is 0.239. The van der Waals surface area contributed by atoms with E-state index in [0.29, 0.717) is 5.92 Å². The number of rotatable bonds is 2. The van der Waals surface area contributed by atoms with Gasteiger partial charge >= 0.3 is 0 Å². The molecule has 78 valence electrons. The summed E-state index contributed by atoms with van der Waals surface area (Å²) in [6, 6.07) is 0. The topological polar surface area (TPSA) is 9.23 Å². The van der Waals surface area contributed by atoms with Gasteiger partial charge in [-0.3, -0.25) is 0 Å². The second-order valence-electron chi connectivity index (χ2n) is 3.92. The van der Waals surface area contributed by atoms with Crippen LogP contribution in [0.3, 0.4) is 0 Å². The van der Waals surface area contributed by atoms with Crippen molar-refractivity contribution in [3.05, 3.63) is 34.9 Å². The molecule has 1 heteroatoms. The summed E-state index contributed by atoms with van der Waals surface area (Å²) in [6.07, 6.45) is 6.73. The quantitative estimate of drug-likeness (QED) is 0.650. The third-order valence-corrected chi connectivity index (χ3v) is 3.18. The number of allylic oxidation sites excluding steroid dienone is 4. The summed E-state index contributed by atoms with van der Waals surface area (Å²) in [5.74, 6) is 0.481. The molecule has 1 aliphatic rings. The van der Waals surface area contributed by atoms with Crippen molar-refractivity contribution in [2.75, 3.05) is 7.11 Å². The third-order valence-electron chi connectivity index (χ3n) is 3.18. The molecule has 2 atom stereocenters. The molecule has 0 heterocycles. The number of methoxy groups -OCH3 is 1. The normalized spacial score (nSPS) is 28.5. The summed E-state index contributed by atoms with van der Waals surface area (Å²) >= 11 is 0. The van der Waals surface area contributed by atoms with E-state index < -0.39 is 0 Å². The molecule has 0 radical (unpaired) electrons. The zero-order valence-electron chi connectivity index (χ0n) is 9.79. The summed E-state index contributed by atoms with van der Waals surface area (Å²) in [4.78, 5) is 0. The molecule has 0 bridgehead atoms. The first-order chi connectivity index (χ1) is 6.61. The van der Waals surface area contributed by atoms with Crippen LogP contribution < -0.4 is 0 Å². The van der Waals surface area contributed by atoms with E-state index in [0.717, 1.165) is 0 Å². The Morgan fingerprint density at radius 2 is 2.14 bits per heavy atom. The lowest BCUT2D eigenvalue weighted by atomic mass is 9.84. The van der Waals surface area contributed by atoms with Gasteiger partial charge in [0.05, 0.1) is 6.10 Å². The molecule has 0 aromatic carbocycles. The Labute approximate surface area is 87.2 Å². The minimum Gasteiger partial charge on any atom is -0.377 e. The van der Waals surface area contributed by atoms with Gasteiger partial charge < -0.3 is 4.74 Å². The number of hydrogen-bond acceptors (Lipinski definition) is 1. The smallest absolute Gasteiger partial charge is 0.0818 e. The van der Waals surface area contributed by atoms with Gasteiger partial charge in [-0.05, 0) is 31.9 Å². The molecule has 14 heavy (non-hydrogen) atoms. The predicted molar refractivity (Wildman–Crippen MR) is 61.2 cm³/mol. The van der Waals surface area contributed by atoms with Crippen molar-refractivity contribution >= 4 is 0 Å². The van der Waals surface area contributed by atoms with E-state index in [1.165, 1.54) is 16.7 Å². The molecule has 0 spiro atoms. The molecule has 0 N–H and O–H groups in total. The van der Waals surface area contributed by atoms with E-state index in [1.807, 2.05) is 0 Å². The monoisotopic (exact) mass is 192 g/mol. The highest BCUT2D eigenvalue weighted by Gasteiger charge is 2.21. The molecular weight excluding hydrogens is 172 g/mol. The van der Waals surface area contributed by atoms with Crippen molar-refractivity contribution < 1.29 is 4.74 Å². The molecule has 1 nitrogen and oxygen atoms in total. The van der Waals surface area contributed by atoms with Crippen molar-refractivity contribution in [1.29, 1.82) is 0 Å². The molecule has 0 aliphatic heterocycles. The lowest BCUT2D eigenvalue weighted by molar-refractivity contribution is 0.107. The number of hydrogen-bond donors (Lipinski definition) is 0. The van der Waals surface area contributed by atoms with Crippen LogP contribution in [0.1, 0.15) is 27.7 Å². The molecular formula is C13H20O. The molecule has 1 aliphatic carbocycles. The maximum absolute atomic E-state index is 5.40. The average Bonchev–Trinajstić information content (AvgIpc) is 2.21. The lowest BCUT2D eigenvalue weighted by Gasteiger charge is -2.27. The van der Waals surface area contributed by atoms with Crippen LogP contribution in [0.4, 0.5) is 0 Å². The van der Waals surface area contributed by atoms with Crippen LogP contribution in [-0.4, -0.2) is 13.2 Å². The Hall–Kier alpha value is -0.820. The van der Waals surface area contributed by atoms with Crippen LogP contribution >= 0.6 is 0 Å². The zero-order valence-corrected chi connectivity index (χ0v) is 9.79. The minimum absolute atomic E-state index is 0.239. The van der Waals surface area contributed by atoms with Gasteiger partial charge in [0.15, 0.2) is 0 Å². The van der Waals surface area contributed by atoms with Gasteiger partial charge in [0.1, 0.15) is 0 Å². The average molecular weight is 192 g/mol. The maximum Gasteiger partial charge on any atom is 0.0818 e. The summed E-state index contributed by atoms with van der Waals surface area (Å²) in [7, 11) is 1.77. The number of ether oxygens (including phenoxy) is 1. The van der Waals surface area contributed by atoms with E-state index in [2.05, 4.69) is 45.9 Å². The SMILES string of the molecule is C/C=C(\C)C1=C(C)C(C)C(OC)C=C1. The third kappa shape index (κ3) is 1.98. The highest BCUT2D eigenvalue weighted by Crippen LogP contribution is 2.30. The first-order valence-electron chi connectivity index (χ1n) is 5.16. The zero-order chi connectivity index (χ0) is 10.7. The first-order valence-corrected chi connectivity index (χ1v) is 5.16. The molecule has 1 rings (SSSR count). The van der Waals surface area contributed by atoms with E-state index in [9.17, 15) is 0 Å². The molecule has 0 saturated carbocycles. The fraction of sp³-hybridized carbons (Fsp3) is 0.538. The van der Waals surface area contributed by atoms with Crippen molar-refractivity contribution in [3.8, 4) is 0 Å². The Morgan fingerprint density at radius 3 is 2.64 bits per heavy atom. The van der Waals surface area contributed by atoms with E-state index >= 15 is 0 Å². The predicted octanol–water partition coefficient (Wildman–Crippen LogP) is 3.49. The molecule has 0 aromatic heterocycles. The summed E-state index contributed by atoms with van der Waals surface area (Å²) in [5.41, 5.74) is 4.14. The van der Waals surface area contributed by atoms with Crippen LogP contribution in [-0.2, 0) is 4.74 Å². The largest absolute Gasteiger partial charge is 0.377 e. The fourth-order valence-corrected chi connectivity index (χ4v) is 1.86. The van der Waals surface area contributed by atoms with Crippen molar-refractivity contribution in [3.63, 3.8) is 0 Å². The summed E-state index contributed by atoms with van der Waals surface area (Å²) < 4.78 is 5.40. The van der Waals surface area contributed by atoms with Gasteiger partial charge in [-0.2, -0.15) is 0 Å². The molecule has 0 fully saturated rings. The van der Waals surface area contributed by atoms with Crippen molar-refractivity contribution in [1.82, 2.24) is 0 Å². The van der Waals surface area contributed by atoms with Crippen LogP contribution in [0.2, 0.25) is 0 Å². The second kappa shape index (κ2) is 4.61. The Morgan fingerprint density at radius 1 is 1.50 bits per heavy atom. The highest BCUT2D eigenvalue weighted by atomic mass is 16.5. The maximum atomic E-state index is 5.40. The highest BCUT2D eigenvalue weighted by molar-refractivity contribution is 5.45. The second-order valence-corrected chi connectivity index (χ2v) is 3.92. The Bertz CT molecular complexity index is 294. The van der Waals surface area contributed by atoms with Crippen LogP contribution in [0.25, 0.3) is 0 Å². The van der Waals surface area contributed by atoms with Gasteiger partial charge in [-0.1, -0.05) is 30.7 Å². The van der Waals surface area contributed by atoms with Crippen LogP contribution in [0.5, 0.6) is 0 Å². The van der Waals surface area contributed by atoms with Crippen LogP contribution in [0.15, 0.2) is 34.9 Å². The first kappa shape index (κ1) is 11.3. The molecule has 2 unspecified atom stereocenters. The molecule has 0 aromatic rings. The lowest BCUT2D eigenvalue weighted by Crippen LogP contribution is -2.22. The van der Waals surface area contributed by atoms with Gasteiger partial charge in [0.25, 0.3) is 0 Å². The van der Waals surface area contributed by atoms with Gasteiger partial charge in [-0.25, -0.2) is 0 Å². The van der Waals surface area contributed by atoms with Gasteiger partial charge in [0.2, 0.25) is 0 Å². The van der Waals surface area contributed by atoms with E-state index in [4.69, 9.17) is 4.74 Å². The van der Waals surface area contributed by atoms with E-state index in [-0.39, 0.29) is 6.10 Å². The molecule has 0 saturated heterocycles. The van der Waals surface area contributed by atoms with Crippen LogP contribution in [0, 0.1) is 5.92 Å². The van der Waals surface area contributed by atoms with Crippen molar-refractivity contribution in [2.24, 2.45) is 5.92 Å². The Balaban J connectivity index is 3.00. The Kier molecular flexibility index (Phi) is 3.70. The van der Waals surface area contributed by atoms with E-state index in [1.54, 1.807) is 7.11 Å². The summed E-state index contributed by atoms with van der Waals surface area (Å²) in [6.45, 7) is 8.65. The van der Waals surface area contributed by atoms with Gasteiger partial charge in [0, 0.05) is 13.0 Å². The fourth-order valence-electron chi connectivity index (χ4n) is 1.86. The van der Waals surface area contributed by atoms with Gasteiger partial charge in [-0.15, -0.1) is 0 Å². The standard InChI is InChI=1S/C13H20O/c1-6-9(2)12-7-8-13(14-5)11(4)10(12)3/h6-8,11,13H,1-5H3/b9-6+. The van der Waals surface area contributed by atoms with Crippen molar-refractivity contribution in [2.45, 2.75) is 33.8 Å². The molecule has 0 amide bonds. The summed E-state index contributed by atoms with van der Waals surface area (Å²) in [5, 5.41) is 0.